The minimum Gasteiger partial charge on any atom is -0.379 e. The number of likely N-dealkylation sites (tertiary alicyclic amines) is 1. The Labute approximate surface area is 329 Å². The average Bonchev–Trinajstić information content (AvgIpc) is 3.57. The third-order valence-electron chi connectivity index (χ3n) is 10.1. The minimum atomic E-state index is -5.14. The normalized spacial score (nSPS) is 18.0. The quantitative estimate of drug-likeness (QED) is 0.186. The molecule has 1 aromatic carbocycles. The van der Waals surface area contributed by atoms with Gasteiger partial charge >= 0.3 is 12.1 Å². The first-order valence-electron chi connectivity index (χ1n) is 18.7. The smallest absolute Gasteiger partial charge is 0.379 e. The Hall–Kier alpha value is -4.03. The van der Waals surface area contributed by atoms with Gasteiger partial charge in [0.25, 0.3) is 15.9 Å². The first-order valence-corrected chi connectivity index (χ1v) is 20.2. The number of rotatable bonds is 18. The second-order valence-electron chi connectivity index (χ2n) is 15.2. The summed E-state index contributed by atoms with van der Waals surface area (Å²) in [5.41, 5.74) is -0.290. The predicted octanol–water partition coefficient (Wildman–Crippen LogP) is 3.93. The van der Waals surface area contributed by atoms with Crippen LogP contribution in [0.1, 0.15) is 74.1 Å². The highest BCUT2D eigenvalue weighted by Crippen LogP contribution is 2.27. The Kier molecular flexibility index (Phi) is 17.5. The van der Waals surface area contributed by atoms with Crippen LogP contribution in [0.15, 0.2) is 40.8 Å². The van der Waals surface area contributed by atoms with Gasteiger partial charge in [-0.2, -0.15) is 13.2 Å². The topological polar surface area (TPSA) is 175 Å². The predicted molar refractivity (Wildman–Crippen MR) is 205 cm³/mol. The molecule has 0 aromatic heterocycles. The maximum atomic E-state index is 14.1. The highest BCUT2D eigenvalue weighted by Gasteiger charge is 2.41. The van der Waals surface area contributed by atoms with Crippen LogP contribution in [0.3, 0.4) is 0 Å². The lowest BCUT2D eigenvalue weighted by atomic mass is 9.89. The van der Waals surface area contributed by atoms with Gasteiger partial charge < -0.3 is 25.2 Å². The molecule has 1 aliphatic heterocycles. The maximum absolute atomic E-state index is 14.1. The number of halogens is 3. The van der Waals surface area contributed by atoms with Crippen LogP contribution < -0.4 is 15.4 Å². The lowest BCUT2D eigenvalue weighted by Crippen LogP contribution is -2.59. The Morgan fingerprint density at radius 1 is 1.00 bits per heavy atom. The van der Waals surface area contributed by atoms with Crippen LogP contribution in [-0.4, -0.2) is 124 Å². The van der Waals surface area contributed by atoms with Crippen LogP contribution in [0.4, 0.5) is 18.9 Å². The number of likely N-dealkylation sites (N-methyl/N-ethyl adjacent to an activating group) is 2. The average molecular weight is 817 g/mol. The number of hydrogen-bond acceptors (Lipinski definition) is 9. The molecule has 56 heavy (non-hydrogen) atoms. The van der Waals surface area contributed by atoms with E-state index in [0.29, 0.717) is 25.8 Å². The van der Waals surface area contributed by atoms with Gasteiger partial charge in [0, 0.05) is 32.0 Å². The number of anilines is 1. The number of hydrogen-bond donors (Lipinski definition) is 3. The van der Waals surface area contributed by atoms with Crippen LogP contribution in [0.2, 0.25) is 0 Å². The molecule has 6 atom stereocenters. The third-order valence-corrected chi connectivity index (χ3v) is 11.4. The third kappa shape index (κ3) is 12.7. The fraction of sp³-hybridized carbons (Fsp3) is 0.658. The van der Waals surface area contributed by atoms with Crippen molar-refractivity contribution in [3.8, 4) is 0 Å². The van der Waals surface area contributed by atoms with E-state index in [1.807, 2.05) is 65.3 Å². The van der Waals surface area contributed by atoms with E-state index < -0.39 is 63.2 Å². The summed E-state index contributed by atoms with van der Waals surface area (Å²) in [6.45, 7) is 13.3. The van der Waals surface area contributed by atoms with Gasteiger partial charge in [-0.05, 0) is 75.9 Å². The van der Waals surface area contributed by atoms with Gasteiger partial charge in [-0.25, -0.2) is 13.1 Å². The summed E-state index contributed by atoms with van der Waals surface area (Å²) in [6.07, 6.45) is -2.68. The lowest BCUT2D eigenvalue weighted by Gasteiger charge is -2.40. The summed E-state index contributed by atoms with van der Waals surface area (Å²) in [5, 5.41) is 4.58. The number of alkyl halides is 3. The van der Waals surface area contributed by atoms with Gasteiger partial charge in [0.2, 0.25) is 17.7 Å². The molecule has 0 radical (unpaired) electrons. The monoisotopic (exact) mass is 816 g/mol. The maximum Gasteiger partial charge on any atom is 0.471 e. The molecule has 5 amide bonds. The van der Waals surface area contributed by atoms with Crippen molar-refractivity contribution >= 4 is 45.2 Å². The van der Waals surface area contributed by atoms with Crippen molar-refractivity contribution in [3.05, 3.63) is 35.9 Å². The van der Waals surface area contributed by atoms with Crippen molar-refractivity contribution in [2.75, 3.05) is 40.1 Å². The number of nitrogens with zero attached hydrogens (tertiary/aromatic N) is 3. The molecule has 0 spiro atoms. The van der Waals surface area contributed by atoms with Gasteiger partial charge in [-0.1, -0.05) is 54.0 Å². The van der Waals surface area contributed by atoms with Crippen molar-refractivity contribution < 1.29 is 50.3 Å². The lowest BCUT2D eigenvalue weighted by molar-refractivity contribution is -0.167. The molecule has 0 saturated carbocycles. The van der Waals surface area contributed by atoms with Crippen LogP contribution in [0.5, 0.6) is 0 Å². The summed E-state index contributed by atoms with van der Waals surface area (Å²) in [7, 11) is 2.29. The number of carbonyl (C=O) groups excluding carboxylic acids is 5. The van der Waals surface area contributed by atoms with Crippen molar-refractivity contribution in [1.29, 1.82) is 0 Å². The largest absolute Gasteiger partial charge is 0.471 e. The summed E-state index contributed by atoms with van der Waals surface area (Å²) in [5.74, 6) is -4.40. The zero-order valence-electron chi connectivity index (χ0n) is 34.2. The van der Waals surface area contributed by atoms with Gasteiger partial charge in [-0.3, -0.25) is 28.9 Å². The number of nitrogens with one attached hydrogen (secondary N) is 3. The summed E-state index contributed by atoms with van der Waals surface area (Å²) in [6, 6.07) is 1.42. The summed E-state index contributed by atoms with van der Waals surface area (Å²) >= 11 is 0. The molecular formula is C38H59F3N6O8S. The summed E-state index contributed by atoms with van der Waals surface area (Å²) in [4.78, 5) is 70.1. The number of amides is 5. The van der Waals surface area contributed by atoms with Crippen LogP contribution in [0.25, 0.3) is 0 Å². The molecule has 2 rings (SSSR count). The van der Waals surface area contributed by atoms with Crippen molar-refractivity contribution in [2.24, 2.45) is 17.8 Å². The first kappa shape index (κ1) is 48.1. The Bertz CT molecular complexity index is 1680. The van der Waals surface area contributed by atoms with E-state index in [0.717, 1.165) is 24.3 Å². The second-order valence-corrected chi connectivity index (χ2v) is 16.9. The van der Waals surface area contributed by atoms with Gasteiger partial charge in [0.05, 0.1) is 35.5 Å². The van der Waals surface area contributed by atoms with Crippen molar-refractivity contribution in [1.82, 2.24) is 24.7 Å². The van der Waals surface area contributed by atoms with Crippen LogP contribution in [0, 0.1) is 17.8 Å². The fourth-order valence-corrected chi connectivity index (χ4v) is 7.96. The van der Waals surface area contributed by atoms with Crippen LogP contribution >= 0.6 is 0 Å². The molecule has 1 saturated heterocycles. The van der Waals surface area contributed by atoms with E-state index in [4.69, 9.17) is 4.74 Å². The van der Waals surface area contributed by atoms with Gasteiger partial charge in [-0.15, -0.1) is 0 Å². The second kappa shape index (κ2) is 20.4. The van der Waals surface area contributed by atoms with Gasteiger partial charge in [0.1, 0.15) is 6.04 Å². The molecule has 0 bridgehead atoms. The number of methoxy groups -OCH3 is 1. The number of benzene rings is 1. The molecule has 1 heterocycles. The summed E-state index contributed by atoms with van der Waals surface area (Å²) < 4.78 is 71.3. The van der Waals surface area contributed by atoms with E-state index >= 15 is 0 Å². The zero-order valence-corrected chi connectivity index (χ0v) is 35.0. The van der Waals surface area contributed by atoms with Gasteiger partial charge in [0.15, 0.2) is 0 Å². The molecule has 18 heteroatoms. The molecule has 1 aromatic rings. The standard InChI is InChI=1S/C38H59F3N6O8S/c1-12-24(6)33(46(10)36(51)31(22(2)3)43-35(50)32(23(4)5)45(8)9)29(55-11)21-30(48)47-19-13-14-27(47)20-25(7)34(49)44-56(53,54)28-17-15-26(16-18-28)42-37(52)38(39,40)41/h15-18,20,22-24,27,29,31-33H,12-14,19,21H2,1-11H3,(H,42,52)(H,43,50)(H,44,49)/t24-,27-,29-,31-,32-,33-/m0/s1. The minimum absolute atomic E-state index is 0.00159. The molecule has 0 aliphatic carbocycles. The molecule has 1 aliphatic rings. The number of sulfonamides is 1. The molecule has 14 nitrogen and oxygen atoms in total. The molecule has 1 fully saturated rings. The molecule has 3 N–H and O–H groups in total. The number of carbonyl (C=O) groups is 5. The first-order chi connectivity index (χ1) is 25.9. The van der Waals surface area contributed by atoms with E-state index in [2.05, 4.69) is 5.32 Å². The Balaban J connectivity index is 2.24. The highest BCUT2D eigenvalue weighted by atomic mass is 32.2. The molecule has 316 valence electrons. The fourth-order valence-electron chi connectivity index (χ4n) is 6.94. The molecular weight excluding hydrogens is 758 g/mol. The van der Waals surface area contributed by atoms with E-state index in [-0.39, 0.29) is 53.2 Å². The SMILES string of the molecule is CC[C@H](C)[C@@H]([C@H](CC(=O)N1CCC[C@H]1C=C(C)C(=O)NS(=O)(=O)c1ccc(NC(=O)C(F)(F)F)cc1)OC)N(C)C(=O)[C@@H](NC(=O)[C@H](C(C)C)N(C)C)C(C)C. The highest BCUT2D eigenvalue weighted by molar-refractivity contribution is 7.90. The van der Waals surface area contributed by atoms with Crippen molar-refractivity contribution in [3.63, 3.8) is 0 Å². The van der Waals surface area contributed by atoms with E-state index in [1.165, 1.54) is 20.1 Å². The number of ether oxygens (including phenoxy) is 1. The van der Waals surface area contributed by atoms with Crippen molar-refractivity contribution in [2.45, 2.75) is 115 Å². The zero-order chi connectivity index (χ0) is 42.9. The molecule has 0 unspecified atom stereocenters. The Morgan fingerprint density at radius 3 is 2.07 bits per heavy atom. The van der Waals surface area contributed by atoms with E-state index in [1.54, 1.807) is 22.2 Å². The van der Waals surface area contributed by atoms with E-state index in [9.17, 15) is 45.6 Å². The Morgan fingerprint density at radius 2 is 1.59 bits per heavy atom. The van der Waals surface area contributed by atoms with Crippen LogP contribution in [-0.2, 0) is 38.7 Å².